The van der Waals surface area contributed by atoms with Crippen LogP contribution in [-0.4, -0.2) is 64.1 Å². The Morgan fingerprint density at radius 1 is 1.26 bits per heavy atom. The Morgan fingerprint density at radius 3 is 2.48 bits per heavy atom. The monoisotopic (exact) mass is 337 g/mol. The van der Waals surface area contributed by atoms with E-state index >= 15 is 0 Å². The van der Waals surface area contributed by atoms with Gasteiger partial charge in [-0.1, -0.05) is 20.8 Å². The molecule has 2 heterocycles. The Labute approximate surface area is 142 Å². The Morgan fingerprint density at radius 2 is 1.96 bits per heavy atom. The minimum atomic E-state index is -0.187. The predicted octanol–water partition coefficient (Wildman–Crippen LogP) is 2.11. The third-order valence-corrected chi connectivity index (χ3v) is 6.28. The second-order valence-corrected chi connectivity index (χ2v) is 8.70. The Hall–Kier alpha value is -0.980. The number of piperazine rings is 1. The topological polar surface area (TPSA) is 56.7 Å². The number of thiazole rings is 1. The summed E-state index contributed by atoms with van der Waals surface area (Å²) in [4.78, 5) is 22.1. The van der Waals surface area contributed by atoms with Crippen LogP contribution in [0, 0.1) is 0 Å². The first-order chi connectivity index (χ1) is 10.9. The summed E-state index contributed by atoms with van der Waals surface area (Å²) in [6.45, 7) is 9.55. The van der Waals surface area contributed by atoms with E-state index in [-0.39, 0.29) is 17.4 Å². The van der Waals surface area contributed by atoms with E-state index in [1.54, 1.807) is 6.20 Å². The van der Waals surface area contributed by atoms with Crippen molar-refractivity contribution in [1.82, 2.24) is 14.8 Å². The fraction of sp³-hybridized carbons (Fsp3) is 0.765. The Kier molecular flexibility index (Phi) is 4.76. The van der Waals surface area contributed by atoms with Gasteiger partial charge in [-0.25, -0.2) is 4.98 Å². The SMILES string of the molecule is CC(C)(C)c1ncc(C(=O)N2CCN([C@@H]3CCC[C@@H]3O)CC2)s1. The van der Waals surface area contributed by atoms with Gasteiger partial charge in [-0.2, -0.15) is 0 Å². The van der Waals surface area contributed by atoms with Crippen molar-refractivity contribution in [2.45, 2.75) is 57.6 Å². The van der Waals surface area contributed by atoms with Crippen LogP contribution in [-0.2, 0) is 5.41 Å². The highest BCUT2D eigenvalue weighted by atomic mass is 32.1. The summed E-state index contributed by atoms with van der Waals surface area (Å²) < 4.78 is 0. The lowest BCUT2D eigenvalue weighted by Gasteiger charge is -2.38. The number of aliphatic hydroxyl groups is 1. The fourth-order valence-corrected chi connectivity index (χ4v) is 4.42. The molecule has 1 saturated carbocycles. The van der Waals surface area contributed by atoms with Gasteiger partial charge in [-0.15, -0.1) is 11.3 Å². The first kappa shape index (κ1) is 16.9. The smallest absolute Gasteiger partial charge is 0.265 e. The highest BCUT2D eigenvalue weighted by Gasteiger charge is 2.34. The largest absolute Gasteiger partial charge is 0.391 e. The third kappa shape index (κ3) is 3.59. The summed E-state index contributed by atoms with van der Waals surface area (Å²) >= 11 is 1.51. The third-order valence-electron chi connectivity index (χ3n) is 4.87. The highest BCUT2D eigenvalue weighted by Crippen LogP contribution is 2.28. The van der Waals surface area contributed by atoms with Gasteiger partial charge >= 0.3 is 0 Å². The van der Waals surface area contributed by atoms with Crippen molar-refractivity contribution in [1.29, 1.82) is 0 Å². The van der Waals surface area contributed by atoms with Crippen molar-refractivity contribution >= 4 is 17.2 Å². The van der Waals surface area contributed by atoms with Gasteiger partial charge in [0, 0.05) is 37.6 Å². The standard InChI is InChI=1S/C17H27N3O2S/c1-17(2,3)16-18-11-14(23-16)15(22)20-9-7-19(8-10-20)12-5-4-6-13(12)21/h11-13,21H,4-10H2,1-3H3/t12-,13+/m1/s1. The molecule has 1 aromatic rings. The number of aliphatic hydroxyl groups excluding tert-OH is 1. The Bertz CT molecular complexity index is 558. The lowest BCUT2D eigenvalue weighted by atomic mass is 9.98. The van der Waals surface area contributed by atoms with Crippen LogP contribution in [0.2, 0.25) is 0 Å². The molecule has 3 rings (SSSR count). The number of aromatic nitrogens is 1. The average molecular weight is 337 g/mol. The minimum absolute atomic E-state index is 0.0134. The molecule has 23 heavy (non-hydrogen) atoms. The maximum absolute atomic E-state index is 12.7. The van der Waals surface area contributed by atoms with Gasteiger partial charge in [0.25, 0.3) is 5.91 Å². The number of amides is 1. The zero-order valence-electron chi connectivity index (χ0n) is 14.3. The highest BCUT2D eigenvalue weighted by molar-refractivity contribution is 7.13. The number of nitrogens with zero attached hydrogens (tertiary/aromatic N) is 3. The van der Waals surface area contributed by atoms with E-state index in [0.717, 1.165) is 55.3 Å². The molecular formula is C17H27N3O2S. The fourth-order valence-electron chi connectivity index (χ4n) is 3.48. The molecule has 1 aliphatic heterocycles. The molecule has 1 amide bonds. The van der Waals surface area contributed by atoms with Crippen LogP contribution in [0.25, 0.3) is 0 Å². The van der Waals surface area contributed by atoms with Gasteiger partial charge in [0.15, 0.2) is 0 Å². The molecule has 128 valence electrons. The summed E-state index contributed by atoms with van der Waals surface area (Å²) in [5.74, 6) is 0.102. The zero-order valence-corrected chi connectivity index (χ0v) is 15.1. The molecule has 5 nitrogen and oxygen atoms in total. The van der Waals surface area contributed by atoms with Crippen LogP contribution in [0.5, 0.6) is 0 Å². The molecule has 2 aliphatic rings. The number of carbonyl (C=O) groups is 1. The molecule has 2 atom stereocenters. The Balaban J connectivity index is 1.59. The van der Waals surface area contributed by atoms with Crippen LogP contribution in [0.1, 0.15) is 54.7 Å². The van der Waals surface area contributed by atoms with Gasteiger partial charge in [0.1, 0.15) is 4.88 Å². The number of rotatable bonds is 2. The lowest BCUT2D eigenvalue weighted by molar-refractivity contribution is 0.0317. The molecule has 1 aromatic heterocycles. The molecule has 0 radical (unpaired) electrons. The van der Waals surface area contributed by atoms with Crippen molar-refractivity contribution in [3.8, 4) is 0 Å². The van der Waals surface area contributed by atoms with Crippen LogP contribution >= 0.6 is 11.3 Å². The van der Waals surface area contributed by atoms with E-state index in [4.69, 9.17) is 0 Å². The first-order valence-electron chi connectivity index (χ1n) is 8.54. The molecule has 0 bridgehead atoms. The molecule has 1 N–H and O–H groups in total. The number of hydrogen-bond acceptors (Lipinski definition) is 5. The van der Waals surface area contributed by atoms with Gasteiger partial charge in [-0.3, -0.25) is 9.69 Å². The summed E-state index contributed by atoms with van der Waals surface area (Å²) in [6, 6.07) is 0.295. The molecule has 0 aromatic carbocycles. The molecule has 2 fully saturated rings. The molecule has 0 spiro atoms. The lowest BCUT2D eigenvalue weighted by Crippen LogP contribution is -2.53. The predicted molar refractivity (Wildman–Crippen MR) is 91.9 cm³/mol. The average Bonchev–Trinajstić information content (AvgIpc) is 3.15. The van der Waals surface area contributed by atoms with Crippen molar-refractivity contribution in [2.75, 3.05) is 26.2 Å². The second kappa shape index (κ2) is 6.49. The van der Waals surface area contributed by atoms with Crippen LogP contribution in [0.3, 0.4) is 0 Å². The van der Waals surface area contributed by atoms with E-state index in [9.17, 15) is 9.90 Å². The normalized spacial score (nSPS) is 26.7. The number of carbonyl (C=O) groups excluding carboxylic acids is 1. The second-order valence-electron chi connectivity index (χ2n) is 7.67. The van der Waals surface area contributed by atoms with Crippen molar-refractivity contribution in [3.05, 3.63) is 16.1 Å². The molecule has 1 saturated heterocycles. The van der Waals surface area contributed by atoms with Gasteiger partial charge < -0.3 is 10.0 Å². The summed E-state index contributed by atoms with van der Waals surface area (Å²) in [7, 11) is 0. The molecular weight excluding hydrogens is 310 g/mol. The van der Waals surface area contributed by atoms with Crippen molar-refractivity contribution in [2.24, 2.45) is 0 Å². The minimum Gasteiger partial charge on any atom is -0.391 e. The molecule has 0 unspecified atom stereocenters. The van der Waals surface area contributed by atoms with Gasteiger partial charge in [0.05, 0.1) is 17.3 Å². The number of hydrogen-bond donors (Lipinski definition) is 1. The van der Waals surface area contributed by atoms with Crippen LogP contribution in [0.4, 0.5) is 0 Å². The van der Waals surface area contributed by atoms with E-state index in [1.165, 1.54) is 11.3 Å². The molecule has 1 aliphatic carbocycles. The summed E-state index contributed by atoms with van der Waals surface area (Å²) in [5, 5.41) is 11.1. The van der Waals surface area contributed by atoms with Gasteiger partial charge in [-0.05, 0) is 19.3 Å². The maximum Gasteiger partial charge on any atom is 0.265 e. The van der Waals surface area contributed by atoms with Gasteiger partial charge in [0.2, 0.25) is 0 Å². The van der Waals surface area contributed by atoms with Crippen LogP contribution < -0.4 is 0 Å². The summed E-state index contributed by atoms with van der Waals surface area (Å²) in [5.41, 5.74) is -0.0134. The summed E-state index contributed by atoms with van der Waals surface area (Å²) in [6.07, 6.45) is 4.65. The van der Waals surface area contributed by atoms with E-state index in [0.29, 0.717) is 6.04 Å². The van der Waals surface area contributed by atoms with E-state index in [1.807, 2.05) is 4.90 Å². The first-order valence-corrected chi connectivity index (χ1v) is 9.35. The maximum atomic E-state index is 12.7. The zero-order chi connectivity index (χ0) is 16.6. The molecule has 6 heteroatoms. The quantitative estimate of drug-likeness (QED) is 0.898. The van der Waals surface area contributed by atoms with Crippen molar-refractivity contribution in [3.63, 3.8) is 0 Å². The van der Waals surface area contributed by atoms with E-state index < -0.39 is 0 Å². The van der Waals surface area contributed by atoms with Crippen LogP contribution in [0.15, 0.2) is 6.20 Å². The van der Waals surface area contributed by atoms with E-state index in [2.05, 4.69) is 30.7 Å². The van der Waals surface area contributed by atoms with Crippen molar-refractivity contribution < 1.29 is 9.90 Å².